The van der Waals surface area contributed by atoms with Gasteiger partial charge in [-0.25, -0.2) is 0 Å². The molecule has 174 valence electrons. The van der Waals surface area contributed by atoms with Gasteiger partial charge in [0.15, 0.2) is 0 Å². The summed E-state index contributed by atoms with van der Waals surface area (Å²) in [6.07, 6.45) is 1.50. The van der Waals surface area contributed by atoms with Gasteiger partial charge in [-0.3, -0.25) is 14.4 Å². The van der Waals surface area contributed by atoms with E-state index in [-0.39, 0.29) is 23.6 Å². The van der Waals surface area contributed by atoms with E-state index in [2.05, 4.69) is 10.6 Å². The molecule has 1 atom stereocenters. The number of carbonyl (C=O) groups excluding carboxylic acids is 3. The maximum Gasteiger partial charge on any atom is 0.255 e. The summed E-state index contributed by atoms with van der Waals surface area (Å²) >= 11 is 5.92. The molecule has 0 aromatic heterocycles. The highest BCUT2D eigenvalue weighted by molar-refractivity contribution is 6.30. The lowest BCUT2D eigenvalue weighted by Crippen LogP contribution is -2.45. The lowest BCUT2D eigenvalue weighted by Gasteiger charge is -2.32. The van der Waals surface area contributed by atoms with E-state index in [4.69, 9.17) is 11.6 Å². The van der Waals surface area contributed by atoms with Crippen LogP contribution in [0, 0.1) is 5.92 Å². The van der Waals surface area contributed by atoms with Crippen LogP contribution in [0.1, 0.15) is 39.1 Å². The SMILES string of the molecule is O=C(Nc1ccccc1)c1cccc(CNC(=O)C2CCCN(C(=O)c3ccc(Cl)cc3)C2)c1. The molecular formula is C27H26ClN3O3. The van der Waals surface area contributed by atoms with Crippen LogP contribution in [0.15, 0.2) is 78.9 Å². The summed E-state index contributed by atoms with van der Waals surface area (Å²) < 4.78 is 0. The molecule has 0 radical (unpaired) electrons. The average molecular weight is 476 g/mol. The molecule has 3 amide bonds. The minimum atomic E-state index is -0.269. The number of halogens is 1. The Kier molecular flexibility index (Phi) is 7.60. The van der Waals surface area contributed by atoms with E-state index < -0.39 is 0 Å². The van der Waals surface area contributed by atoms with Gasteiger partial charge in [0.1, 0.15) is 0 Å². The number of nitrogens with zero attached hydrogens (tertiary/aromatic N) is 1. The summed E-state index contributed by atoms with van der Waals surface area (Å²) in [6, 6.07) is 23.2. The van der Waals surface area contributed by atoms with Crippen LogP contribution in [0.3, 0.4) is 0 Å². The van der Waals surface area contributed by atoms with Crippen molar-refractivity contribution in [3.63, 3.8) is 0 Å². The lowest BCUT2D eigenvalue weighted by molar-refractivity contribution is -0.126. The molecule has 0 spiro atoms. The van der Waals surface area contributed by atoms with Crippen molar-refractivity contribution < 1.29 is 14.4 Å². The minimum absolute atomic E-state index is 0.0900. The smallest absolute Gasteiger partial charge is 0.255 e. The van der Waals surface area contributed by atoms with E-state index >= 15 is 0 Å². The van der Waals surface area contributed by atoms with Gasteiger partial charge in [0, 0.05) is 41.5 Å². The molecule has 0 aliphatic carbocycles. The average Bonchev–Trinajstić information content (AvgIpc) is 2.88. The fourth-order valence-electron chi connectivity index (χ4n) is 4.03. The Morgan fingerprint density at radius 2 is 1.68 bits per heavy atom. The van der Waals surface area contributed by atoms with E-state index in [0.717, 1.165) is 24.1 Å². The van der Waals surface area contributed by atoms with Crippen LogP contribution in [0.2, 0.25) is 5.02 Å². The highest BCUT2D eigenvalue weighted by Crippen LogP contribution is 2.20. The number of rotatable bonds is 6. The summed E-state index contributed by atoms with van der Waals surface area (Å²) in [5, 5.41) is 6.41. The summed E-state index contributed by atoms with van der Waals surface area (Å²) in [5.74, 6) is -0.656. The van der Waals surface area contributed by atoms with Crippen LogP contribution in [0.25, 0.3) is 0 Å². The van der Waals surface area contributed by atoms with Gasteiger partial charge in [0.2, 0.25) is 5.91 Å². The quantitative estimate of drug-likeness (QED) is 0.539. The minimum Gasteiger partial charge on any atom is -0.352 e. The predicted molar refractivity (Wildman–Crippen MR) is 133 cm³/mol. The first-order chi connectivity index (χ1) is 16.5. The highest BCUT2D eigenvalue weighted by Gasteiger charge is 2.28. The molecule has 1 fully saturated rings. The van der Waals surface area contributed by atoms with Crippen molar-refractivity contribution >= 4 is 35.0 Å². The molecule has 0 saturated carbocycles. The summed E-state index contributed by atoms with van der Waals surface area (Å²) in [5.41, 5.74) is 2.64. The van der Waals surface area contributed by atoms with E-state index in [9.17, 15) is 14.4 Å². The third-order valence-electron chi connectivity index (χ3n) is 5.86. The first kappa shape index (κ1) is 23.5. The number of hydrogen-bond acceptors (Lipinski definition) is 3. The van der Waals surface area contributed by atoms with Crippen molar-refractivity contribution in [2.24, 2.45) is 5.92 Å². The Bertz CT molecular complexity index is 1170. The lowest BCUT2D eigenvalue weighted by atomic mass is 9.96. The Morgan fingerprint density at radius 3 is 2.44 bits per heavy atom. The van der Waals surface area contributed by atoms with Crippen LogP contribution >= 0.6 is 11.6 Å². The van der Waals surface area contributed by atoms with Gasteiger partial charge in [-0.1, -0.05) is 41.9 Å². The second-order valence-electron chi connectivity index (χ2n) is 8.34. The molecule has 6 nitrogen and oxygen atoms in total. The van der Waals surface area contributed by atoms with Gasteiger partial charge in [-0.05, 0) is 66.9 Å². The first-order valence-corrected chi connectivity index (χ1v) is 11.7. The van der Waals surface area contributed by atoms with Crippen molar-refractivity contribution in [1.29, 1.82) is 0 Å². The Hall–Kier alpha value is -3.64. The molecule has 7 heteroatoms. The normalized spacial score (nSPS) is 15.4. The van der Waals surface area contributed by atoms with E-state index in [1.54, 1.807) is 47.4 Å². The van der Waals surface area contributed by atoms with Gasteiger partial charge in [0.05, 0.1) is 5.92 Å². The van der Waals surface area contributed by atoms with Crippen LogP contribution < -0.4 is 10.6 Å². The molecule has 1 aliphatic heterocycles. The number of hydrogen-bond donors (Lipinski definition) is 2. The zero-order valence-electron chi connectivity index (χ0n) is 18.7. The maximum absolute atomic E-state index is 12.8. The van der Waals surface area contributed by atoms with Crippen molar-refractivity contribution in [3.8, 4) is 0 Å². The zero-order valence-corrected chi connectivity index (χ0v) is 19.4. The first-order valence-electron chi connectivity index (χ1n) is 11.3. The molecule has 3 aromatic carbocycles. The molecule has 4 rings (SSSR count). The van der Waals surface area contributed by atoms with Crippen molar-refractivity contribution in [2.45, 2.75) is 19.4 Å². The number of anilines is 1. The molecule has 3 aromatic rings. The number of likely N-dealkylation sites (tertiary alicyclic amines) is 1. The molecule has 1 unspecified atom stereocenters. The van der Waals surface area contributed by atoms with Gasteiger partial charge in [-0.2, -0.15) is 0 Å². The fourth-order valence-corrected chi connectivity index (χ4v) is 4.16. The Morgan fingerprint density at radius 1 is 0.912 bits per heavy atom. The van der Waals surface area contributed by atoms with Gasteiger partial charge in [-0.15, -0.1) is 0 Å². The number of amides is 3. The summed E-state index contributed by atoms with van der Waals surface area (Å²) in [4.78, 5) is 39.9. The number of benzene rings is 3. The van der Waals surface area contributed by atoms with E-state index in [1.807, 2.05) is 36.4 Å². The second kappa shape index (κ2) is 11.0. The number of piperidine rings is 1. The van der Waals surface area contributed by atoms with Crippen molar-refractivity contribution in [1.82, 2.24) is 10.2 Å². The van der Waals surface area contributed by atoms with Crippen molar-refractivity contribution in [2.75, 3.05) is 18.4 Å². The predicted octanol–water partition coefficient (Wildman–Crippen LogP) is 4.76. The zero-order chi connectivity index (χ0) is 23.9. The highest BCUT2D eigenvalue weighted by atomic mass is 35.5. The molecule has 34 heavy (non-hydrogen) atoms. The monoisotopic (exact) mass is 475 g/mol. The molecule has 1 saturated heterocycles. The summed E-state index contributed by atoms with van der Waals surface area (Å²) in [7, 11) is 0. The number of para-hydroxylation sites is 1. The third kappa shape index (κ3) is 6.02. The number of carbonyl (C=O) groups is 3. The van der Waals surface area contributed by atoms with E-state index in [0.29, 0.717) is 35.8 Å². The largest absolute Gasteiger partial charge is 0.352 e. The standard InChI is InChI=1S/C27H26ClN3O3/c28-23-13-11-20(12-14-23)27(34)31-15-5-8-22(18-31)25(32)29-17-19-6-4-7-21(16-19)26(33)30-24-9-2-1-3-10-24/h1-4,6-7,9-14,16,22H,5,8,15,17-18H2,(H,29,32)(H,30,33). The molecule has 0 bridgehead atoms. The van der Waals surface area contributed by atoms with Crippen LogP contribution in [-0.2, 0) is 11.3 Å². The Labute approximate surface area is 203 Å². The van der Waals surface area contributed by atoms with Crippen LogP contribution in [0.4, 0.5) is 5.69 Å². The van der Waals surface area contributed by atoms with E-state index in [1.165, 1.54) is 0 Å². The Balaban J connectivity index is 1.32. The van der Waals surface area contributed by atoms with Gasteiger partial charge in [0.25, 0.3) is 11.8 Å². The topological polar surface area (TPSA) is 78.5 Å². The molecule has 1 heterocycles. The van der Waals surface area contributed by atoms with Crippen LogP contribution in [-0.4, -0.2) is 35.7 Å². The van der Waals surface area contributed by atoms with Gasteiger partial charge >= 0.3 is 0 Å². The maximum atomic E-state index is 12.8. The van der Waals surface area contributed by atoms with Crippen molar-refractivity contribution in [3.05, 3.63) is 101 Å². The van der Waals surface area contributed by atoms with Crippen LogP contribution in [0.5, 0.6) is 0 Å². The fraction of sp³-hybridized carbons (Fsp3) is 0.222. The number of nitrogens with one attached hydrogen (secondary N) is 2. The molecule has 2 N–H and O–H groups in total. The molecule has 1 aliphatic rings. The third-order valence-corrected chi connectivity index (χ3v) is 6.11. The second-order valence-corrected chi connectivity index (χ2v) is 8.77. The molecular weight excluding hydrogens is 450 g/mol. The summed E-state index contributed by atoms with van der Waals surface area (Å²) in [6.45, 7) is 1.32. The van der Waals surface area contributed by atoms with Gasteiger partial charge < -0.3 is 15.5 Å².